The first kappa shape index (κ1) is 9.34. The van der Waals surface area contributed by atoms with E-state index in [0.717, 1.165) is 12.0 Å². The Labute approximate surface area is 75.4 Å². The summed E-state index contributed by atoms with van der Waals surface area (Å²) in [4.78, 5) is 0. The molecule has 1 N–H and O–H groups in total. The second kappa shape index (κ2) is 4.32. The molecule has 1 atom stereocenters. The SMILES string of the molecule is C1CCC(C2CCCN2)C1.Cl. The van der Waals surface area contributed by atoms with E-state index in [0.29, 0.717) is 0 Å². The van der Waals surface area contributed by atoms with E-state index < -0.39 is 0 Å². The average Bonchev–Trinajstić information content (AvgIpc) is 2.59. The van der Waals surface area contributed by atoms with Gasteiger partial charge in [0.25, 0.3) is 0 Å². The van der Waals surface area contributed by atoms with E-state index in [4.69, 9.17) is 0 Å². The molecule has 1 heterocycles. The molecular formula is C9H18ClN. The van der Waals surface area contributed by atoms with Crippen molar-refractivity contribution in [2.75, 3.05) is 6.54 Å². The van der Waals surface area contributed by atoms with Crippen molar-refractivity contribution in [1.29, 1.82) is 0 Å². The lowest BCUT2D eigenvalue weighted by atomic mass is 9.97. The van der Waals surface area contributed by atoms with Crippen LogP contribution < -0.4 is 5.32 Å². The molecule has 1 saturated carbocycles. The third-order valence-electron chi connectivity index (χ3n) is 3.07. The maximum Gasteiger partial charge on any atom is 0.00957 e. The summed E-state index contributed by atoms with van der Waals surface area (Å²) in [5.74, 6) is 1.04. The molecule has 1 aliphatic heterocycles. The van der Waals surface area contributed by atoms with Gasteiger partial charge in [-0.15, -0.1) is 12.4 Å². The van der Waals surface area contributed by atoms with Crippen LogP contribution in [0.25, 0.3) is 0 Å². The third-order valence-corrected chi connectivity index (χ3v) is 3.07. The quantitative estimate of drug-likeness (QED) is 0.645. The van der Waals surface area contributed by atoms with E-state index in [9.17, 15) is 0 Å². The molecule has 1 aliphatic carbocycles. The fraction of sp³-hybridized carbons (Fsp3) is 1.00. The van der Waals surface area contributed by atoms with Gasteiger partial charge in [0.05, 0.1) is 0 Å². The molecule has 2 heteroatoms. The van der Waals surface area contributed by atoms with Gasteiger partial charge in [-0.25, -0.2) is 0 Å². The summed E-state index contributed by atoms with van der Waals surface area (Å²) in [6.45, 7) is 1.28. The Bertz CT molecular complexity index is 90.1. The zero-order valence-corrected chi connectivity index (χ0v) is 7.83. The summed E-state index contributed by atoms with van der Waals surface area (Å²) < 4.78 is 0. The molecule has 0 aromatic carbocycles. The standard InChI is InChI=1S/C9H17N.ClH/c1-2-5-8(4-1)9-6-3-7-10-9;/h8-10H,1-7H2;1H. The van der Waals surface area contributed by atoms with E-state index in [1.165, 1.54) is 45.1 Å². The highest BCUT2D eigenvalue weighted by Crippen LogP contribution is 2.30. The average molecular weight is 176 g/mol. The minimum atomic E-state index is 0. The third kappa shape index (κ3) is 2.09. The zero-order chi connectivity index (χ0) is 6.81. The van der Waals surface area contributed by atoms with Crippen molar-refractivity contribution >= 4 is 12.4 Å². The number of nitrogens with one attached hydrogen (secondary N) is 1. The summed E-state index contributed by atoms with van der Waals surface area (Å²) in [6.07, 6.45) is 8.84. The van der Waals surface area contributed by atoms with Crippen molar-refractivity contribution in [3.8, 4) is 0 Å². The molecule has 0 bridgehead atoms. The van der Waals surface area contributed by atoms with Crippen molar-refractivity contribution in [3.05, 3.63) is 0 Å². The van der Waals surface area contributed by atoms with Crippen molar-refractivity contribution in [3.63, 3.8) is 0 Å². The zero-order valence-electron chi connectivity index (χ0n) is 7.01. The normalized spacial score (nSPS) is 32.2. The van der Waals surface area contributed by atoms with E-state index in [1.54, 1.807) is 0 Å². The lowest BCUT2D eigenvalue weighted by Crippen LogP contribution is -2.28. The van der Waals surface area contributed by atoms with Crippen molar-refractivity contribution < 1.29 is 0 Å². The van der Waals surface area contributed by atoms with Crippen LogP contribution in [0.3, 0.4) is 0 Å². The molecule has 1 nitrogen and oxygen atoms in total. The van der Waals surface area contributed by atoms with Crippen LogP contribution in [0.5, 0.6) is 0 Å². The minimum absolute atomic E-state index is 0. The molecular weight excluding hydrogens is 158 g/mol. The van der Waals surface area contributed by atoms with Crippen LogP contribution in [0.2, 0.25) is 0 Å². The van der Waals surface area contributed by atoms with Gasteiger partial charge in [0.2, 0.25) is 0 Å². The van der Waals surface area contributed by atoms with Gasteiger partial charge in [-0.05, 0) is 38.1 Å². The highest BCUT2D eigenvalue weighted by atomic mass is 35.5. The Morgan fingerprint density at radius 1 is 0.909 bits per heavy atom. The lowest BCUT2D eigenvalue weighted by molar-refractivity contribution is 0.399. The fourth-order valence-corrected chi connectivity index (χ4v) is 2.47. The van der Waals surface area contributed by atoms with Crippen LogP contribution in [-0.2, 0) is 0 Å². The van der Waals surface area contributed by atoms with Gasteiger partial charge in [0.15, 0.2) is 0 Å². The highest BCUT2D eigenvalue weighted by molar-refractivity contribution is 5.85. The van der Waals surface area contributed by atoms with Crippen LogP contribution in [0.4, 0.5) is 0 Å². The molecule has 2 fully saturated rings. The van der Waals surface area contributed by atoms with Gasteiger partial charge in [0, 0.05) is 6.04 Å². The van der Waals surface area contributed by atoms with Gasteiger partial charge in [-0.2, -0.15) is 0 Å². The number of hydrogen-bond donors (Lipinski definition) is 1. The second-order valence-electron chi connectivity index (χ2n) is 3.75. The van der Waals surface area contributed by atoms with Crippen LogP contribution in [0.1, 0.15) is 38.5 Å². The van der Waals surface area contributed by atoms with E-state index in [-0.39, 0.29) is 12.4 Å². The first-order valence-corrected chi connectivity index (χ1v) is 4.70. The predicted molar refractivity (Wildman–Crippen MR) is 50.2 cm³/mol. The van der Waals surface area contributed by atoms with Gasteiger partial charge >= 0.3 is 0 Å². The molecule has 2 aliphatic rings. The predicted octanol–water partition coefficient (Wildman–Crippen LogP) is 2.35. The molecule has 66 valence electrons. The van der Waals surface area contributed by atoms with E-state index in [1.807, 2.05) is 0 Å². The first-order valence-electron chi connectivity index (χ1n) is 4.70. The maximum absolute atomic E-state index is 3.60. The molecule has 11 heavy (non-hydrogen) atoms. The smallest absolute Gasteiger partial charge is 0.00957 e. The summed E-state index contributed by atoms with van der Waals surface area (Å²) in [5.41, 5.74) is 0. The molecule has 0 aromatic heterocycles. The molecule has 0 amide bonds. The molecule has 1 unspecified atom stereocenters. The number of rotatable bonds is 1. The molecule has 2 rings (SSSR count). The molecule has 1 saturated heterocycles. The van der Waals surface area contributed by atoms with Crippen molar-refractivity contribution in [2.24, 2.45) is 5.92 Å². The fourth-order valence-electron chi connectivity index (χ4n) is 2.47. The summed E-state index contributed by atoms with van der Waals surface area (Å²) in [5, 5.41) is 3.60. The molecule has 0 spiro atoms. The van der Waals surface area contributed by atoms with Gasteiger partial charge in [-0.3, -0.25) is 0 Å². The van der Waals surface area contributed by atoms with Crippen LogP contribution in [0, 0.1) is 5.92 Å². The lowest BCUT2D eigenvalue weighted by Gasteiger charge is -2.17. The van der Waals surface area contributed by atoms with Crippen LogP contribution in [-0.4, -0.2) is 12.6 Å². The van der Waals surface area contributed by atoms with Gasteiger partial charge in [0.1, 0.15) is 0 Å². The highest BCUT2D eigenvalue weighted by Gasteiger charge is 2.26. The second-order valence-corrected chi connectivity index (χ2v) is 3.75. The number of halogens is 1. The Morgan fingerprint density at radius 2 is 1.64 bits per heavy atom. The Morgan fingerprint density at radius 3 is 2.18 bits per heavy atom. The monoisotopic (exact) mass is 175 g/mol. The number of hydrogen-bond acceptors (Lipinski definition) is 1. The van der Waals surface area contributed by atoms with E-state index in [2.05, 4.69) is 5.32 Å². The summed E-state index contributed by atoms with van der Waals surface area (Å²) >= 11 is 0. The first-order chi connectivity index (χ1) is 4.97. The van der Waals surface area contributed by atoms with Crippen molar-refractivity contribution in [1.82, 2.24) is 5.32 Å². The minimum Gasteiger partial charge on any atom is -0.314 e. The molecule has 0 aromatic rings. The van der Waals surface area contributed by atoms with Gasteiger partial charge in [-0.1, -0.05) is 12.8 Å². The maximum atomic E-state index is 3.60. The summed E-state index contributed by atoms with van der Waals surface area (Å²) in [6, 6.07) is 0.905. The van der Waals surface area contributed by atoms with Crippen LogP contribution >= 0.6 is 12.4 Å². The molecule has 0 radical (unpaired) electrons. The Hall–Kier alpha value is 0.250. The summed E-state index contributed by atoms with van der Waals surface area (Å²) in [7, 11) is 0. The Kier molecular flexibility index (Phi) is 3.67. The van der Waals surface area contributed by atoms with Gasteiger partial charge < -0.3 is 5.32 Å². The van der Waals surface area contributed by atoms with Crippen LogP contribution in [0.15, 0.2) is 0 Å². The topological polar surface area (TPSA) is 12.0 Å². The van der Waals surface area contributed by atoms with Crippen molar-refractivity contribution in [2.45, 2.75) is 44.6 Å². The Balaban J connectivity index is 0.000000605. The largest absolute Gasteiger partial charge is 0.314 e. The van der Waals surface area contributed by atoms with E-state index >= 15 is 0 Å².